The number of fused-ring (bicyclic) bond motifs is 2. The first-order valence-electron chi connectivity index (χ1n) is 9.27. The van der Waals surface area contributed by atoms with Crippen LogP contribution in [0.1, 0.15) is 42.8 Å². The van der Waals surface area contributed by atoms with E-state index < -0.39 is 5.60 Å². The molecule has 0 radical (unpaired) electrons. The maximum atomic E-state index is 15.2. The van der Waals surface area contributed by atoms with E-state index in [4.69, 9.17) is 10.7 Å². The lowest BCUT2D eigenvalue weighted by molar-refractivity contribution is -0.0335. The van der Waals surface area contributed by atoms with Crippen LogP contribution in [0.4, 0.5) is 15.9 Å². The van der Waals surface area contributed by atoms with Gasteiger partial charge in [0.05, 0.1) is 11.3 Å². The van der Waals surface area contributed by atoms with Crippen LogP contribution in [0.3, 0.4) is 0 Å². The molecule has 3 heterocycles. The number of aromatic nitrogens is 3. The Morgan fingerprint density at radius 2 is 2.07 bits per heavy atom. The van der Waals surface area contributed by atoms with Crippen molar-refractivity contribution in [1.29, 1.82) is 0 Å². The van der Waals surface area contributed by atoms with E-state index in [0.717, 1.165) is 23.8 Å². The number of nitrogens with zero attached hydrogens (tertiary/aromatic N) is 3. The lowest BCUT2D eigenvalue weighted by atomic mass is 9.72. The van der Waals surface area contributed by atoms with Gasteiger partial charge in [0.25, 0.3) is 0 Å². The zero-order valence-electron chi connectivity index (χ0n) is 15.8. The highest BCUT2D eigenvalue weighted by atomic mass is 35.5. The average Bonchev–Trinajstić information content (AvgIpc) is 3.18. The molecule has 0 amide bonds. The van der Waals surface area contributed by atoms with Crippen LogP contribution in [0.15, 0.2) is 18.3 Å². The Kier molecular flexibility index (Phi) is 4.28. The van der Waals surface area contributed by atoms with Gasteiger partial charge in [0.15, 0.2) is 0 Å². The minimum atomic E-state index is -0.672. The van der Waals surface area contributed by atoms with E-state index in [2.05, 4.69) is 10.3 Å². The third-order valence-corrected chi connectivity index (χ3v) is 5.72. The maximum absolute atomic E-state index is 15.2. The second kappa shape index (κ2) is 6.32. The third kappa shape index (κ3) is 2.72. The van der Waals surface area contributed by atoms with Gasteiger partial charge in [0.1, 0.15) is 28.7 Å². The molecular weight excluding hydrogens is 381 g/mol. The van der Waals surface area contributed by atoms with Gasteiger partial charge in [-0.05, 0) is 45.2 Å². The van der Waals surface area contributed by atoms with Crippen molar-refractivity contribution in [2.75, 3.05) is 17.6 Å². The quantitative estimate of drug-likeness (QED) is 0.610. The monoisotopic (exact) mass is 403 g/mol. The first-order chi connectivity index (χ1) is 12.8. The molecule has 2 aromatic heterocycles. The maximum Gasteiger partial charge on any atom is 0.150 e. The van der Waals surface area contributed by atoms with E-state index in [0.29, 0.717) is 47.4 Å². The minimum Gasteiger partial charge on any atom is -0.390 e. The van der Waals surface area contributed by atoms with Crippen LogP contribution in [0.2, 0.25) is 0 Å². The molecule has 148 valence electrons. The van der Waals surface area contributed by atoms with Crippen molar-refractivity contribution in [2.24, 2.45) is 0 Å². The van der Waals surface area contributed by atoms with Gasteiger partial charge >= 0.3 is 0 Å². The topological polar surface area (TPSA) is 88.5 Å². The van der Waals surface area contributed by atoms with E-state index in [-0.39, 0.29) is 24.1 Å². The Labute approximate surface area is 168 Å². The zero-order valence-corrected chi connectivity index (χ0v) is 16.6. The minimum absolute atomic E-state index is 0. The molecule has 0 saturated heterocycles. The lowest BCUT2D eigenvalue weighted by Gasteiger charge is -2.40. The summed E-state index contributed by atoms with van der Waals surface area (Å²) in [6, 6.07) is 3.66. The van der Waals surface area contributed by atoms with E-state index in [9.17, 15) is 5.11 Å². The van der Waals surface area contributed by atoms with Crippen LogP contribution in [-0.2, 0) is 6.42 Å². The molecule has 28 heavy (non-hydrogen) atoms. The molecule has 0 atom stereocenters. The number of nitrogens with one attached hydrogen (secondary N) is 1. The SMILES string of the molecule is Cc1cn2c(C3CC(C)(O)C3)nc(-c3ccc4c(c3F)CCN4)c2c(N)n1.Cl. The normalized spacial score (nSPS) is 23.1. The number of rotatable bonds is 2. The molecule has 1 aliphatic carbocycles. The van der Waals surface area contributed by atoms with Crippen LogP contribution < -0.4 is 11.1 Å². The Bertz CT molecular complexity index is 1090. The van der Waals surface area contributed by atoms with Gasteiger partial charge < -0.3 is 16.2 Å². The molecule has 0 spiro atoms. The second-order valence-electron chi connectivity index (χ2n) is 8.04. The highest BCUT2D eigenvalue weighted by molar-refractivity contribution is 5.87. The Hall–Kier alpha value is -2.38. The number of hydrogen-bond donors (Lipinski definition) is 3. The molecule has 4 N–H and O–H groups in total. The molecular formula is C20H23ClFN5O. The first-order valence-corrected chi connectivity index (χ1v) is 9.27. The molecule has 2 aliphatic rings. The smallest absolute Gasteiger partial charge is 0.150 e. The molecule has 8 heteroatoms. The summed E-state index contributed by atoms with van der Waals surface area (Å²) in [5.41, 5.74) is 9.47. The number of hydrogen-bond acceptors (Lipinski definition) is 5. The Morgan fingerprint density at radius 1 is 1.32 bits per heavy atom. The number of halogens is 2. The summed E-state index contributed by atoms with van der Waals surface area (Å²) in [7, 11) is 0. The number of anilines is 2. The van der Waals surface area contributed by atoms with E-state index in [1.165, 1.54) is 0 Å². The average molecular weight is 404 g/mol. The van der Waals surface area contributed by atoms with Gasteiger partial charge in [-0.1, -0.05) is 0 Å². The van der Waals surface area contributed by atoms with Crippen molar-refractivity contribution in [1.82, 2.24) is 14.4 Å². The number of nitrogens with two attached hydrogens (primary N) is 1. The molecule has 1 saturated carbocycles. The third-order valence-electron chi connectivity index (χ3n) is 5.72. The van der Waals surface area contributed by atoms with Gasteiger partial charge in [-0.15, -0.1) is 12.4 Å². The van der Waals surface area contributed by atoms with Gasteiger partial charge in [-0.25, -0.2) is 14.4 Å². The molecule has 1 aliphatic heterocycles. The highest BCUT2D eigenvalue weighted by Gasteiger charge is 2.42. The van der Waals surface area contributed by atoms with Crippen molar-refractivity contribution in [2.45, 2.75) is 44.6 Å². The van der Waals surface area contributed by atoms with Crippen molar-refractivity contribution in [3.05, 3.63) is 41.2 Å². The van der Waals surface area contributed by atoms with Crippen molar-refractivity contribution >= 4 is 29.4 Å². The molecule has 0 unspecified atom stereocenters. The standard InChI is InChI=1S/C20H22FN5O.ClH/c1-10-9-26-17(18(22)24-10)16(25-19(26)11-7-20(2,27)8-11)13-3-4-14-12(15(13)21)5-6-23-14;/h3-4,9,11,23,27H,5-8H2,1-2H3,(H2,22,24);1H. The summed E-state index contributed by atoms with van der Waals surface area (Å²) in [4.78, 5) is 9.17. The Morgan fingerprint density at radius 3 is 2.79 bits per heavy atom. The molecule has 1 fully saturated rings. The van der Waals surface area contributed by atoms with Gasteiger partial charge in [-0.3, -0.25) is 4.40 Å². The van der Waals surface area contributed by atoms with Crippen LogP contribution in [-0.4, -0.2) is 31.6 Å². The van der Waals surface area contributed by atoms with E-state index in [1.54, 1.807) is 6.07 Å². The summed E-state index contributed by atoms with van der Waals surface area (Å²) in [6.45, 7) is 4.44. The highest BCUT2D eigenvalue weighted by Crippen LogP contribution is 2.46. The Balaban J connectivity index is 0.00000192. The van der Waals surface area contributed by atoms with E-state index >= 15 is 4.39 Å². The summed E-state index contributed by atoms with van der Waals surface area (Å²) < 4.78 is 17.2. The number of nitrogen functional groups attached to an aromatic ring is 1. The van der Waals surface area contributed by atoms with Crippen LogP contribution >= 0.6 is 12.4 Å². The van der Waals surface area contributed by atoms with Crippen molar-refractivity contribution < 1.29 is 9.50 Å². The van der Waals surface area contributed by atoms with Crippen molar-refractivity contribution in [3.63, 3.8) is 0 Å². The van der Waals surface area contributed by atoms with Gasteiger partial charge in [0.2, 0.25) is 0 Å². The molecule has 3 aromatic rings. The predicted octanol–water partition coefficient (Wildman–Crippen LogP) is 3.44. The fourth-order valence-corrected chi connectivity index (χ4v) is 4.48. The predicted molar refractivity (Wildman–Crippen MR) is 110 cm³/mol. The fourth-order valence-electron chi connectivity index (χ4n) is 4.48. The van der Waals surface area contributed by atoms with Crippen LogP contribution in [0, 0.1) is 12.7 Å². The van der Waals surface area contributed by atoms with Crippen LogP contribution in [0.5, 0.6) is 0 Å². The molecule has 5 rings (SSSR count). The lowest BCUT2D eigenvalue weighted by Crippen LogP contribution is -2.40. The van der Waals surface area contributed by atoms with Crippen LogP contribution in [0.25, 0.3) is 16.8 Å². The number of benzene rings is 1. The largest absolute Gasteiger partial charge is 0.390 e. The number of aliphatic hydroxyl groups is 1. The van der Waals surface area contributed by atoms with Gasteiger partial charge in [0, 0.05) is 35.5 Å². The molecule has 0 bridgehead atoms. The zero-order chi connectivity index (χ0) is 18.9. The van der Waals surface area contributed by atoms with Crippen molar-refractivity contribution in [3.8, 4) is 11.3 Å². The molecule has 1 aromatic carbocycles. The molecule has 6 nitrogen and oxygen atoms in total. The number of aryl methyl sites for hydroxylation is 1. The van der Waals surface area contributed by atoms with Gasteiger partial charge in [-0.2, -0.15) is 0 Å². The fraction of sp³-hybridized carbons (Fsp3) is 0.400. The number of imidazole rings is 1. The first kappa shape index (κ1) is 19.0. The summed E-state index contributed by atoms with van der Waals surface area (Å²) in [5.74, 6) is 1.01. The summed E-state index contributed by atoms with van der Waals surface area (Å²) >= 11 is 0. The van der Waals surface area contributed by atoms with E-state index in [1.807, 2.05) is 30.5 Å². The second-order valence-corrected chi connectivity index (χ2v) is 8.04. The summed E-state index contributed by atoms with van der Waals surface area (Å²) in [6.07, 6.45) is 3.80. The summed E-state index contributed by atoms with van der Waals surface area (Å²) in [5, 5.41) is 13.4.